The Hall–Kier alpha value is -4.06. The Morgan fingerprint density at radius 3 is 1.55 bits per heavy atom. The summed E-state index contributed by atoms with van der Waals surface area (Å²) in [6.07, 6.45) is 0. The molecule has 0 spiro atoms. The van der Waals surface area contributed by atoms with Gasteiger partial charge in [0.15, 0.2) is 0 Å². The summed E-state index contributed by atoms with van der Waals surface area (Å²) >= 11 is 0. The third kappa shape index (κ3) is 2.94. The van der Waals surface area contributed by atoms with Crippen LogP contribution in [0.1, 0.15) is 31.8 Å². The van der Waals surface area contributed by atoms with E-state index >= 15 is 0 Å². The molecule has 4 aromatic rings. The van der Waals surface area contributed by atoms with Crippen LogP contribution >= 0.6 is 0 Å². The van der Waals surface area contributed by atoms with Crippen molar-refractivity contribution in [2.24, 2.45) is 0 Å². The summed E-state index contributed by atoms with van der Waals surface area (Å²) in [6, 6.07) is 20.0. The maximum Gasteiger partial charge on any atom is 0.337 e. The number of rotatable bonds is 2. The van der Waals surface area contributed by atoms with Crippen LogP contribution in [0.25, 0.3) is 21.5 Å². The van der Waals surface area contributed by atoms with Crippen molar-refractivity contribution in [3.63, 3.8) is 0 Å². The highest BCUT2D eigenvalue weighted by Crippen LogP contribution is 2.43. The molecule has 2 aliphatic heterocycles. The van der Waals surface area contributed by atoms with Crippen molar-refractivity contribution in [1.29, 1.82) is 0 Å². The second kappa shape index (κ2) is 7.24. The summed E-state index contributed by atoms with van der Waals surface area (Å²) in [7, 11) is 2.80. The first-order valence-electron chi connectivity index (χ1n) is 10.8. The molecular formula is C27H22N2O4. The van der Waals surface area contributed by atoms with Gasteiger partial charge in [-0.1, -0.05) is 24.3 Å². The van der Waals surface area contributed by atoms with Gasteiger partial charge in [-0.25, -0.2) is 9.59 Å². The van der Waals surface area contributed by atoms with Gasteiger partial charge in [0, 0.05) is 35.6 Å². The summed E-state index contributed by atoms with van der Waals surface area (Å²) in [5, 5.41) is 4.38. The summed E-state index contributed by atoms with van der Waals surface area (Å²) in [5.41, 5.74) is 6.09. The number of methoxy groups -OCH3 is 2. The smallest absolute Gasteiger partial charge is 0.337 e. The molecule has 0 saturated heterocycles. The van der Waals surface area contributed by atoms with Crippen molar-refractivity contribution >= 4 is 44.9 Å². The van der Waals surface area contributed by atoms with Crippen LogP contribution in [-0.4, -0.2) is 32.8 Å². The number of hydrogen-bond donors (Lipinski definition) is 0. The summed E-state index contributed by atoms with van der Waals surface area (Å²) in [5.74, 6) is -0.648. The van der Waals surface area contributed by atoms with E-state index in [1.165, 1.54) is 36.7 Å². The van der Waals surface area contributed by atoms with E-state index < -0.39 is 0 Å². The van der Waals surface area contributed by atoms with Gasteiger partial charge in [0.05, 0.1) is 32.0 Å². The van der Waals surface area contributed by atoms with E-state index in [0.717, 1.165) is 41.3 Å². The Bertz CT molecular complexity index is 1370. The summed E-state index contributed by atoms with van der Waals surface area (Å²) in [6.45, 7) is 2.41. The van der Waals surface area contributed by atoms with E-state index in [1.54, 1.807) is 0 Å². The number of anilines is 2. The average Bonchev–Trinajstić information content (AvgIpc) is 2.86. The highest BCUT2D eigenvalue weighted by atomic mass is 16.5. The number of benzene rings is 4. The molecule has 164 valence electrons. The molecule has 6 heteroatoms. The standard InChI is InChI=1S/C27H22N2O4/c1-32-26(30)18-3-7-20-16(11-18)5-9-24-22(20)13-28-15-29(24)14-23-21-8-4-19(27(31)33-2)12-17(21)6-10-25(23)28/h3-12H,13-15H2,1-2H3. The number of carbonyl (C=O) groups is 2. The van der Waals surface area contributed by atoms with Crippen LogP contribution in [0.2, 0.25) is 0 Å². The van der Waals surface area contributed by atoms with Crippen molar-refractivity contribution < 1.29 is 19.1 Å². The first-order valence-corrected chi connectivity index (χ1v) is 10.8. The molecule has 0 unspecified atom stereocenters. The molecule has 0 saturated carbocycles. The van der Waals surface area contributed by atoms with Gasteiger partial charge in [0.2, 0.25) is 0 Å². The summed E-state index contributed by atoms with van der Waals surface area (Å²) < 4.78 is 9.76. The van der Waals surface area contributed by atoms with E-state index in [-0.39, 0.29) is 11.9 Å². The maximum absolute atomic E-state index is 12.0. The van der Waals surface area contributed by atoms with Crippen LogP contribution in [0.5, 0.6) is 0 Å². The zero-order valence-corrected chi connectivity index (χ0v) is 18.4. The number of fused-ring (bicyclic) bond motifs is 10. The minimum atomic E-state index is -0.324. The molecule has 0 radical (unpaired) electrons. The molecule has 0 fully saturated rings. The molecule has 0 N–H and O–H groups in total. The van der Waals surface area contributed by atoms with Gasteiger partial charge in [0.1, 0.15) is 0 Å². The number of hydrogen-bond acceptors (Lipinski definition) is 6. The maximum atomic E-state index is 12.0. The highest BCUT2D eigenvalue weighted by molar-refractivity contribution is 6.00. The first-order chi connectivity index (χ1) is 16.1. The zero-order chi connectivity index (χ0) is 22.7. The Balaban J connectivity index is 1.44. The van der Waals surface area contributed by atoms with Crippen molar-refractivity contribution in [3.8, 4) is 0 Å². The summed E-state index contributed by atoms with van der Waals surface area (Å²) in [4.78, 5) is 28.7. The monoisotopic (exact) mass is 438 g/mol. The van der Waals surface area contributed by atoms with Gasteiger partial charge < -0.3 is 19.3 Å². The molecule has 4 aromatic carbocycles. The number of carbonyl (C=O) groups excluding carboxylic acids is 2. The molecule has 2 bridgehead atoms. The third-order valence-corrected chi connectivity index (χ3v) is 6.78. The fourth-order valence-electron chi connectivity index (χ4n) is 5.19. The topological polar surface area (TPSA) is 59.1 Å². The molecule has 6 rings (SSSR count). The lowest BCUT2D eigenvalue weighted by Gasteiger charge is -2.45. The lowest BCUT2D eigenvalue weighted by molar-refractivity contribution is 0.0592. The van der Waals surface area contributed by atoms with Crippen LogP contribution in [0.3, 0.4) is 0 Å². The lowest BCUT2D eigenvalue weighted by atomic mass is 9.93. The molecule has 0 aromatic heterocycles. The molecular weight excluding hydrogens is 416 g/mol. The zero-order valence-electron chi connectivity index (χ0n) is 18.4. The largest absolute Gasteiger partial charge is 0.465 e. The van der Waals surface area contributed by atoms with Crippen molar-refractivity contribution in [1.82, 2.24) is 0 Å². The Morgan fingerprint density at radius 2 is 1.12 bits per heavy atom. The fraction of sp³-hybridized carbons (Fsp3) is 0.185. The van der Waals surface area contributed by atoms with E-state index in [9.17, 15) is 9.59 Å². The van der Waals surface area contributed by atoms with Crippen LogP contribution in [0.4, 0.5) is 11.4 Å². The minimum Gasteiger partial charge on any atom is -0.465 e. The molecule has 2 aliphatic rings. The van der Waals surface area contributed by atoms with Gasteiger partial charge in [-0.2, -0.15) is 0 Å². The van der Waals surface area contributed by atoms with Gasteiger partial charge >= 0.3 is 11.9 Å². The van der Waals surface area contributed by atoms with Crippen LogP contribution in [-0.2, 0) is 22.6 Å². The van der Waals surface area contributed by atoms with E-state index in [2.05, 4.69) is 34.1 Å². The second-order valence-corrected chi connectivity index (χ2v) is 8.52. The van der Waals surface area contributed by atoms with Crippen molar-refractivity contribution in [2.75, 3.05) is 30.7 Å². The van der Waals surface area contributed by atoms with Crippen LogP contribution in [0, 0.1) is 0 Å². The van der Waals surface area contributed by atoms with Crippen molar-refractivity contribution in [2.45, 2.75) is 13.1 Å². The second-order valence-electron chi connectivity index (χ2n) is 8.52. The number of ether oxygens (including phenoxy) is 2. The first kappa shape index (κ1) is 19.6. The van der Waals surface area contributed by atoms with E-state index in [0.29, 0.717) is 11.1 Å². The fourth-order valence-corrected chi connectivity index (χ4v) is 5.19. The Morgan fingerprint density at radius 1 is 0.667 bits per heavy atom. The van der Waals surface area contributed by atoms with E-state index in [1.807, 2.05) is 36.4 Å². The normalized spacial score (nSPS) is 14.1. The van der Waals surface area contributed by atoms with Crippen molar-refractivity contribution in [3.05, 3.63) is 82.9 Å². The minimum absolute atomic E-state index is 0.324. The SMILES string of the molecule is COC(=O)c1ccc2c3c(ccc2c1)N1Cc2c(ccc4cc(C(=O)OC)ccc24)N(C3)C1. The van der Waals surface area contributed by atoms with Gasteiger partial charge in [0.25, 0.3) is 0 Å². The predicted molar refractivity (Wildman–Crippen MR) is 128 cm³/mol. The van der Waals surface area contributed by atoms with E-state index in [4.69, 9.17) is 9.47 Å². The molecule has 6 nitrogen and oxygen atoms in total. The van der Waals surface area contributed by atoms with Gasteiger partial charge in [-0.05, 0) is 57.9 Å². The molecule has 33 heavy (non-hydrogen) atoms. The van der Waals surface area contributed by atoms with Crippen LogP contribution in [0.15, 0.2) is 60.7 Å². The quantitative estimate of drug-likeness (QED) is 0.417. The Kier molecular flexibility index (Phi) is 4.30. The third-order valence-electron chi connectivity index (χ3n) is 6.78. The number of esters is 2. The molecule has 2 heterocycles. The molecule has 0 atom stereocenters. The Labute approximate surface area is 190 Å². The molecule has 0 aliphatic carbocycles. The predicted octanol–water partition coefficient (Wildman–Crippen LogP) is 4.86. The van der Waals surface area contributed by atoms with Gasteiger partial charge in [-0.15, -0.1) is 0 Å². The molecule has 0 amide bonds. The highest BCUT2D eigenvalue weighted by Gasteiger charge is 2.31. The lowest BCUT2D eigenvalue weighted by Crippen LogP contribution is -2.46. The average molecular weight is 438 g/mol. The number of nitrogens with zero attached hydrogens (tertiary/aromatic N) is 2. The van der Waals surface area contributed by atoms with Crippen LogP contribution < -0.4 is 9.80 Å². The van der Waals surface area contributed by atoms with Gasteiger partial charge in [-0.3, -0.25) is 0 Å².